The molecule has 11 heavy (non-hydrogen) atoms. The van der Waals surface area contributed by atoms with Crippen LogP contribution in [-0.4, -0.2) is 16.9 Å². The summed E-state index contributed by atoms with van der Waals surface area (Å²) in [5.74, 6) is 0. The third-order valence-electron chi connectivity index (χ3n) is 1.75. The molecule has 1 aromatic rings. The molecule has 62 valence electrons. The zero-order valence-electron chi connectivity index (χ0n) is 7.03. The number of aromatic nitrogens is 2. The van der Waals surface area contributed by atoms with Gasteiger partial charge in [-0.2, -0.15) is 5.10 Å². The predicted octanol–water partition coefficient (Wildman–Crippen LogP) is 0.710. The molecule has 0 aromatic carbocycles. The number of hydrogen-bond acceptors (Lipinski definition) is 3. The lowest BCUT2D eigenvalue weighted by Crippen LogP contribution is -2.06. The maximum Gasteiger partial charge on any atom is 0.0980 e. The molecular weight excluding hydrogens is 142 g/mol. The van der Waals surface area contributed by atoms with Crippen molar-refractivity contribution in [2.45, 2.75) is 13.0 Å². The number of hydrogen-bond donors (Lipinski definition) is 1. The molecule has 0 aliphatic heterocycles. The van der Waals surface area contributed by atoms with Crippen LogP contribution in [-0.2, 0) is 11.8 Å². The van der Waals surface area contributed by atoms with Crippen molar-refractivity contribution in [2.24, 2.45) is 7.05 Å². The third kappa shape index (κ3) is 1.35. The minimum atomic E-state index is 0.00231. The van der Waals surface area contributed by atoms with Crippen LogP contribution in [0.3, 0.4) is 0 Å². The summed E-state index contributed by atoms with van der Waals surface area (Å²) in [6.07, 6.45) is 1.63. The largest absolute Gasteiger partial charge is 0.396 e. The van der Waals surface area contributed by atoms with E-state index in [-0.39, 0.29) is 6.10 Å². The summed E-state index contributed by atoms with van der Waals surface area (Å²) in [5, 5.41) is 4.00. The molecule has 4 nitrogen and oxygen atoms in total. The van der Waals surface area contributed by atoms with Gasteiger partial charge in [0.25, 0.3) is 0 Å². The average Bonchev–Trinajstić information content (AvgIpc) is 2.30. The van der Waals surface area contributed by atoms with Crippen molar-refractivity contribution in [1.29, 1.82) is 0 Å². The number of nitrogens with two attached hydrogens (primary N) is 1. The summed E-state index contributed by atoms with van der Waals surface area (Å²) in [5.41, 5.74) is 7.26. The fourth-order valence-electron chi connectivity index (χ4n) is 1.07. The highest BCUT2D eigenvalue weighted by molar-refractivity contribution is 5.41. The maximum atomic E-state index is 5.65. The first kappa shape index (κ1) is 8.07. The molecule has 1 unspecified atom stereocenters. The fourth-order valence-corrected chi connectivity index (χ4v) is 1.07. The van der Waals surface area contributed by atoms with Gasteiger partial charge >= 0.3 is 0 Å². The Kier molecular flexibility index (Phi) is 2.14. The molecule has 0 fully saturated rings. The molecule has 0 saturated heterocycles. The Hall–Kier alpha value is -1.03. The normalized spacial score (nSPS) is 13.4. The van der Waals surface area contributed by atoms with Crippen LogP contribution < -0.4 is 5.73 Å². The van der Waals surface area contributed by atoms with Gasteiger partial charge in [0.1, 0.15) is 0 Å². The minimum absolute atomic E-state index is 0.00231. The molecule has 0 amide bonds. The van der Waals surface area contributed by atoms with Crippen LogP contribution in [0.5, 0.6) is 0 Å². The first-order valence-corrected chi connectivity index (χ1v) is 3.47. The smallest absolute Gasteiger partial charge is 0.0980 e. The van der Waals surface area contributed by atoms with Gasteiger partial charge in [-0.3, -0.25) is 4.68 Å². The topological polar surface area (TPSA) is 53.1 Å². The van der Waals surface area contributed by atoms with Gasteiger partial charge < -0.3 is 10.5 Å². The van der Waals surface area contributed by atoms with E-state index in [1.165, 1.54) is 0 Å². The van der Waals surface area contributed by atoms with E-state index in [1.807, 2.05) is 14.0 Å². The van der Waals surface area contributed by atoms with Crippen LogP contribution in [0.4, 0.5) is 5.69 Å². The fraction of sp³-hybridized carbons (Fsp3) is 0.571. The number of aryl methyl sites for hydroxylation is 1. The monoisotopic (exact) mass is 155 g/mol. The summed E-state index contributed by atoms with van der Waals surface area (Å²) < 4.78 is 6.84. The van der Waals surface area contributed by atoms with E-state index >= 15 is 0 Å². The van der Waals surface area contributed by atoms with Crippen LogP contribution >= 0.6 is 0 Å². The Bertz CT molecular complexity index is 224. The first-order chi connectivity index (χ1) is 5.16. The second-order valence-electron chi connectivity index (χ2n) is 2.49. The summed E-state index contributed by atoms with van der Waals surface area (Å²) in [6, 6.07) is 0. The zero-order chi connectivity index (χ0) is 8.43. The Balaban J connectivity index is 3.00. The Morgan fingerprint density at radius 2 is 2.36 bits per heavy atom. The molecule has 0 radical (unpaired) electrons. The lowest BCUT2D eigenvalue weighted by molar-refractivity contribution is 0.113. The molecule has 1 rings (SSSR count). The van der Waals surface area contributed by atoms with E-state index in [1.54, 1.807) is 18.0 Å². The van der Waals surface area contributed by atoms with Crippen LogP contribution in [0.1, 0.15) is 18.7 Å². The van der Waals surface area contributed by atoms with Gasteiger partial charge in [0.05, 0.1) is 23.7 Å². The number of anilines is 1. The van der Waals surface area contributed by atoms with Crippen molar-refractivity contribution < 1.29 is 4.74 Å². The summed E-state index contributed by atoms with van der Waals surface area (Å²) >= 11 is 0. The molecule has 0 saturated carbocycles. The van der Waals surface area contributed by atoms with Crippen molar-refractivity contribution in [3.63, 3.8) is 0 Å². The second kappa shape index (κ2) is 2.92. The molecule has 4 heteroatoms. The molecule has 1 atom stereocenters. The SMILES string of the molecule is COC(C)c1c(N)cnn1C. The zero-order valence-corrected chi connectivity index (χ0v) is 7.03. The Labute approximate surface area is 66.0 Å². The van der Waals surface area contributed by atoms with Crippen LogP contribution in [0.2, 0.25) is 0 Å². The quantitative estimate of drug-likeness (QED) is 0.684. The minimum Gasteiger partial charge on any atom is -0.396 e. The van der Waals surface area contributed by atoms with Crippen molar-refractivity contribution in [3.05, 3.63) is 11.9 Å². The highest BCUT2D eigenvalue weighted by Crippen LogP contribution is 2.20. The number of methoxy groups -OCH3 is 1. The van der Waals surface area contributed by atoms with E-state index in [0.717, 1.165) is 5.69 Å². The van der Waals surface area contributed by atoms with Gasteiger partial charge in [0.15, 0.2) is 0 Å². The number of nitrogen functional groups attached to an aromatic ring is 1. The Morgan fingerprint density at radius 3 is 2.73 bits per heavy atom. The standard InChI is InChI=1S/C7H13N3O/c1-5(11-3)7-6(8)4-9-10(7)2/h4-5H,8H2,1-3H3. The highest BCUT2D eigenvalue weighted by Gasteiger charge is 2.12. The van der Waals surface area contributed by atoms with E-state index in [9.17, 15) is 0 Å². The summed E-state index contributed by atoms with van der Waals surface area (Å²) in [4.78, 5) is 0. The molecule has 0 aliphatic carbocycles. The third-order valence-corrected chi connectivity index (χ3v) is 1.75. The lowest BCUT2D eigenvalue weighted by atomic mass is 10.2. The van der Waals surface area contributed by atoms with Gasteiger partial charge in [0.2, 0.25) is 0 Å². The molecule has 1 aromatic heterocycles. The average molecular weight is 155 g/mol. The summed E-state index contributed by atoms with van der Waals surface area (Å²) in [7, 11) is 3.50. The molecule has 0 aliphatic rings. The van der Waals surface area contributed by atoms with Gasteiger partial charge in [-0.1, -0.05) is 0 Å². The van der Waals surface area contributed by atoms with Gasteiger partial charge in [-0.25, -0.2) is 0 Å². The van der Waals surface area contributed by atoms with Crippen molar-refractivity contribution in [3.8, 4) is 0 Å². The molecule has 2 N–H and O–H groups in total. The van der Waals surface area contributed by atoms with Gasteiger partial charge in [-0.15, -0.1) is 0 Å². The van der Waals surface area contributed by atoms with E-state index in [2.05, 4.69) is 5.10 Å². The lowest BCUT2D eigenvalue weighted by Gasteiger charge is -2.10. The van der Waals surface area contributed by atoms with Gasteiger partial charge in [-0.05, 0) is 6.92 Å². The summed E-state index contributed by atoms with van der Waals surface area (Å²) in [6.45, 7) is 1.94. The first-order valence-electron chi connectivity index (χ1n) is 3.47. The number of ether oxygens (including phenoxy) is 1. The van der Waals surface area contributed by atoms with E-state index < -0.39 is 0 Å². The number of nitrogens with zero attached hydrogens (tertiary/aromatic N) is 2. The van der Waals surface area contributed by atoms with Crippen LogP contribution in [0, 0.1) is 0 Å². The maximum absolute atomic E-state index is 5.65. The van der Waals surface area contributed by atoms with E-state index in [4.69, 9.17) is 10.5 Å². The molecule has 1 heterocycles. The molecule has 0 bridgehead atoms. The van der Waals surface area contributed by atoms with Crippen LogP contribution in [0.15, 0.2) is 6.20 Å². The van der Waals surface area contributed by atoms with Crippen molar-refractivity contribution >= 4 is 5.69 Å². The van der Waals surface area contributed by atoms with Crippen LogP contribution in [0.25, 0.3) is 0 Å². The second-order valence-corrected chi connectivity index (χ2v) is 2.49. The highest BCUT2D eigenvalue weighted by atomic mass is 16.5. The van der Waals surface area contributed by atoms with Gasteiger partial charge in [0, 0.05) is 14.2 Å². The molecular formula is C7H13N3O. The van der Waals surface area contributed by atoms with E-state index in [0.29, 0.717) is 5.69 Å². The number of rotatable bonds is 2. The molecule has 0 spiro atoms. The van der Waals surface area contributed by atoms with Crippen molar-refractivity contribution in [1.82, 2.24) is 9.78 Å². The Morgan fingerprint density at radius 1 is 1.73 bits per heavy atom. The van der Waals surface area contributed by atoms with Crippen molar-refractivity contribution in [2.75, 3.05) is 12.8 Å². The predicted molar refractivity (Wildman–Crippen MR) is 43.0 cm³/mol.